The third-order valence-corrected chi connectivity index (χ3v) is 3.24. The molecule has 112 valence electrons. The molecule has 2 N–H and O–H groups in total. The lowest BCUT2D eigenvalue weighted by Crippen LogP contribution is -2.33. The SMILES string of the molecule is Cc1ccn(CC(C)CNC(=O)Nc2ccc(Cl)cc2)n1. The zero-order valence-electron chi connectivity index (χ0n) is 12.1. The Kier molecular flexibility index (Phi) is 5.22. The monoisotopic (exact) mass is 306 g/mol. The zero-order chi connectivity index (χ0) is 15.2. The molecule has 0 aliphatic rings. The molecule has 2 aromatic rings. The van der Waals surface area contributed by atoms with Crippen molar-refractivity contribution in [1.29, 1.82) is 0 Å². The number of hydrogen-bond acceptors (Lipinski definition) is 2. The summed E-state index contributed by atoms with van der Waals surface area (Å²) in [6, 6.07) is 8.74. The summed E-state index contributed by atoms with van der Waals surface area (Å²) < 4.78 is 1.89. The number of amides is 2. The van der Waals surface area contributed by atoms with Crippen molar-refractivity contribution in [1.82, 2.24) is 15.1 Å². The largest absolute Gasteiger partial charge is 0.338 e. The summed E-state index contributed by atoms with van der Waals surface area (Å²) in [4.78, 5) is 11.8. The van der Waals surface area contributed by atoms with E-state index < -0.39 is 0 Å². The number of aromatic nitrogens is 2. The molecular formula is C15H19ClN4O. The number of nitrogens with zero attached hydrogens (tertiary/aromatic N) is 2. The highest BCUT2D eigenvalue weighted by atomic mass is 35.5. The second-order valence-electron chi connectivity index (χ2n) is 5.13. The number of aryl methyl sites for hydroxylation is 1. The summed E-state index contributed by atoms with van der Waals surface area (Å²) in [6.45, 7) is 5.38. The Balaban J connectivity index is 1.74. The summed E-state index contributed by atoms with van der Waals surface area (Å²) in [5, 5.41) is 10.6. The van der Waals surface area contributed by atoms with Gasteiger partial charge in [-0.25, -0.2) is 4.79 Å². The minimum Gasteiger partial charge on any atom is -0.338 e. The first-order chi connectivity index (χ1) is 10.0. The lowest BCUT2D eigenvalue weighted by molar-refractivity contribution is 0.249. The number of carbonyl (C=O) groups is 1. The van der Waals surface area contributed by atoms with Gasteiger partial charge in [0.2, 0.25) is 0 Å². The van der Waals surface area contributed by atoms with E-state index in [1.54, 1.807) is 24.3 Å². The van der Waals surface area contributed by atoms with E-state index in [1.165, 1.54) is 0 Å². The van der Waals surface area contributed by atoms with Gasteiger partial charge in [0.05, 0.1) is 5.69 Å². The highest BCUT2D eigenvalue weighted by molar-refractivity contribution is 6.30. The van der Waals surface area contributed by atoms with Crippen molar-refractivity contribution in [3.8, 4) is 0 Å². The maximum Gasteiger partial charge on any atom is 0.319 e. The fraction of sp³-hybridized carbons (Fsp3) is 0.333. The molecule has 0 fully saturated rings. The molecule has 0 aliphatic carbocycles. The number of rotatable bonds is 5. The van der Waals surface area contributed by atoms with Gasteiger partial charge in [-0.1, -0.05) is 18.5 Å². The molecule has 1 aromatic carbocycles. The van der Waals surface area contributed by atoms with Crippen LogP contribution in [0.25, 0.3) is 0 Å². The minimum absolute atomic E-state index is 0.221. The summed E-state index contributed by atoms with van der Waals surface area (Å²) in [5.41, 5.74) is 1.71. The maximum absolute atomic E-state index is 11.8. The van der Waals surface area contributed by atoms with Gasteiger partial charge in [0.15, 0.2) is 0 Å². The molecule has 2 amide bonds. The summed E-state index contributed by atoms with van der Waals surface area (Å²) in [5.74, 6) is 0.292. The number of benzene rings is 1. The number of halogens is 1. The molecule has 5 nitrogen and oxygen atoms in total. The van der Waals surface area contributed by atoms with Crippen LogP contribution in [0.2, 0.25) is 5.02 Å². The predicted octanol–water partition coefficient (Wildman–Crippen LogP) is 3.30. The van der Waals surface area contributed by atoms with E-state index in [4.69, 9.17) is 11.6 Å². The van der Waals surface area contributed by atoms with E-state index in [-0.39, 0.29) is 6.03 Å². The van der Waals surface area contributed by atoms with E-state index in [1.807, 2.05) is 23.9 Å². The second-order valence-corrected chi connectivity index (χ2v) is 5.56. The second kappa shape index (κ2) is 7.13. The smallest absolute Gasteiger partial charge is 0.319 e. The molecule has 1 heterocycles. The van der Waals surface area contributed by atoms with Gasteiger partial charge >= 0.3 is 6.03 Å². The van der Waals surface area contributed by atoms with E-state index in [2.05, 4.69) is 22.7 Å². The van der Waals surface area contributed by atoms with Crippen LogP contribution in [-0.2, 0) is 6.54 Å². The van der Waals surface area contributed by atoms with Gasteiger partial charge in [0, 0.05) is 30.0 Å². The Morgan fingerprint density at radius 3 is 2.67 bits per heavy atom. The van der Waals surface area contributed by atoms with Crippen LogP contribution in [0.3, 0.4) is 0 Å². The van der Waals surface area contributed by atoms with Crippen molar-refractivity contribution in [3.05, 3.63) is 47.2 Å². The van der Waals surface area contributed by atoms with Crippen molar-refractivity contribution in [3.63, 3.8) is 0 Å². The molecular weight excluding hydrogens is 288 g/mol. The minimum atomic E-state index is -0.221. The summed E-state index contributed by atoms with van der Waals surface area (Å²) >= 11 is 5.79. The van der Waals surface area contributed by atoms with Crippen LogP contribution >= 0.6 is 11.6 Å². The Morgan fingerprint density at radius 2 is 2.05 bits per heavy atom. The summed E-state index contributed by atoms with van der Waals surface area (Å²) in [7, 11) is 0. The van der Waals surface area contributed by atoms with Crippen LogP contribution in [0.1, 0.15) is 12.6 Å². The first-order valence-electron chi connectivity index (χ1n) is 6.83. The molecule has 0 spiro atoms. The van der Waals surface area contributed by atoms with Crippen LogP contribution < -0.4 is 10.6 Å². The molecule has 0 radical (unpaired) electrons. The van der Waals surface area contributed by atoms with Gasteiger partial charge in [-0.3, -0.25) is 4.68 Å². The number of carbonyl (C=O) groups excluding carboxylic acids is 1. The lowest BCUT2D eigenvalue weighted by atomic mass is 10.2. The van der Waals surface area contributed by atoms with Gasteiger partial charge < -0.3 is 10.6 Å². The third kappa shape index (κ3) is 5.11. The van der Waals surface area contributed by atoms with Gasteiger partial charge in [-0.15, -0.1) is 0 Å². The highest BCUT2D eigenvalue weighted by Gasteiger charge is 2.07. The van der Waals surface area contributed by atoms with Crippen LogP contribution in [0.15, 0.2) is 36.5 Å². The van der Waals surface area contributed by atoms with Crippen molar-refractivity contribution in [2.75, 3.05) is 11.9 Å². The fourth-order valence-corrected chi connectivity index (χ4v) is 2.05. The maximum atomic E-state index is 11.8. The van der Waals surface area contributed by atoms with Gasteiger partial charge in [-0.05, 0) is 43.2 Å². The van der Waals surface area contributed by atoms with E-state index in [9.17, 15) is 4.79 Å². The fourth-order valence-electron chi connectivity index (χ4n) is 1.92. The summed E-state index contributed by atoms with van der Waals surface area (Å²) in [6.07, 6.45) is 1.94. The number of nitrogens with one attached hydrogen (secondary N) is 2. The molecule has 0 bridgehead atoms. The Hall–Kier alpha value is -2.01. The normalized spacial score (nSPS) is 12.0. The standard InChI is InChI=1S/C15H19ClN4O/c1-11(10-20-8-7-12(2)19-20)9-17-15(21)18-14-5-3-13(16)4-6-14/h3-8,11H,9-10H2,1-2H3,(H2,17,18,21). The first kappa shape index (κ1) is 15.4. The molecule has 0 aliphatic heterocycles. The van der Waals surface area contributed by atoms with Gasteiger partial charge in [0.25, 0.3) is 0 Å². The molecule has 1 unspecified atom stereocenters. The molecule has 21 heavy (non-hydrogen) atoms. The van der Waals surface area contributed by atoms with Crippen molar-refractivity contribution in [2.45, 2.75) is 20.4 Å². The van der Waals surface area contributed by atoms with Crippen molar-refractivity contribution < 1.29 is 4.79 Å². The first-order valence-corrected chi connectivity index (χ1v) is 7.21. The third-order valence-electron chi connectivity index (χ3n) is 2.99. The average Bonchev–Trinajstić information content (AvgIpc) is 2.84. The zero-order valence-corrected chi connectivity index (χ0v) is 12.9. The van der Waals surface area contributed by atoms with Crippen LogP contribution in [0.5, 0.6) is 0 Å². The predicted molar refractivity (Wildman–Crippen MR) is 84.6 cm³/mol. The molecule has 0 saturated heterocycles. The molecule has 1 atom stereocenters. The van der Waals surface area contributed by atoms with Crippen molar-refractivity contribution in [2.24, 2.45) is 5.92 Å². The van der Waals surface area contributed by atoms with Crippen LogP contribution in [0.4, 0.5) is 10.5 Å². The van der Waals surface area contributed by atoms with Crippen LogP contribution in [-0.4, -0.2) is 22.4 Å². The number of urea groups is 1. The van der Waals surface area contributed by atoms with E-state index in [0.717, 1.165) is 12.2 Å². The molecule has 6 heteroatoms. The number of anilines is 1. The van der Waals surface area contributed by atoms with Gasteiger partial charge in [-0.2, -0.15) is 5.10 Å². The Labute approximate surface area is 129 Å². The highest BCUT2D eigenvalue weighted by Crippen LogP contribution is 2.13. The lowest BCUT2D eigenvalue weighted by Gasteiger charge is -2.13. The van der Waals surface area contributed by atoms with Gasteiger partial charge in [0.1, 0.15) is 0 Å². The topological polar surface area (TPSA) is 59.0 Å². The van der Waals surface area contributed by atoms with Crippen LogP contribution in [0, 0.1) is 12.8 Å². The number of hydrogen-bond donors (Lipinski definition) is 2. The molecule has 0 saturated carbocycles. The average molecular weight is 307 g/mol. The Bertz CT molecular complexity index is 594. The molecule has 2 rings (SSSR count). The van der Waals surface area contributed by atoms with Crippen molar-refractivity contribution >= 4 is 23.3 Å². The van der Waals surface area contributed by atoms with E-state index in [0.29, 0.717) is 23.2 Å². The molecule has 1 aromatic heterocycles. The van der Waals surface area contributed by atoms with E-state index >= 15 is 0 Å². The quantitative estimate of drug-likeness (QED) is 0.890. The Morgan fingerprint density at radius 1 is 1.33 bits per heavy atom.